The quantitative estimate of drug-likeness (QED) is 0.363. The average Bonchev–Trinajstić information content (AvgIpc) is 3.27. The molecule has 2 N–H and O–H groups in total. The highest BCUT2D eigenvalue weighted by molar-refractivity contribution is 6.12. The Balaban J connectivity index is 1.62. The number of hydrogen-bond donors (Lipinski definition) is 2. The van der Waals surface area contributed by atoms with Gasteiger partial charge in [0.05, 0.1) is 29.9 Å². The molecule has 0 unspecified atom stereocenters. The molecule has 0 saturated carbocycles. The summed E-state index contributed by atoms with van der Waals surface area (Å²) in [6, 6.07) is 30.7. The van der Waals surface area contributed by atoms with E-state index < -0.39 is 0 Å². The van der Waals surface area contributed by atoms with Crippen LogP contribution in [0.1, 0.15) is 11.1 Å². The van der Waals surface area contributed by atoms with Gasteiger partial charge < -0.3 is 14.6 Å². The van der Waals surface area contributed by atoms with E-state index in [4.69, 9.17) is 4.98 Å². The first-order valence-electron chi connectivity index (χ1n) is 11.0. The molecule has 0 amide bonds. The number of nitrogens with zero attached hydrogens (tertiary/aromatic N) is 2. The van der Waals surface area contributed by atoms with E-state index >= 15 is 0 Å². The summed E-state index contributed by atoms with van der Waals surface area (Å²) in [6.45, 7) is 0.0719. The van der Waals surface area contributed by atoms with E-state index in [2.05, 4.69) is 47.0 Å². The van der Waals surface area contributed by atoms with Crippen LogP contribution >= 0.6 is 0 Å². The standard InChI is InChI=1S/C29H22N2O2/c32-17-19-5-9-21(10-6-19)23-13-14-31-24(15-23)16-26-25-3-1-2-4-27(25)30-28(29(26)31)22-11-7-20(18-33)8-12-22/h1-16,32-33H,17-18H2. The highest BCUT2D eigenvalue weighted by Gasteiger charge is 2.15. The lowest BCUT2D eigenvalue weighted by Gasteiger charge is -2.10. The first-order chi connectivity index (χ1) is 16.2. The molecule has 6 aromatic rings. The van der Waals surface area contributed by atoms with Gasteiger partial charge in [-0.25, -0.2) is 4.98 Å². The van der Waals surface area contributed by atoms with Crippen LogP contribution in [0.4, 0.5) is 0 Å². The Labute approximate surface area is 191 Å². The average molecular weight is 431 g/mol. The zero-order valence-corrected chi connectivity index (χ0v) is 17.9. The molecule has 4 nitrogen and oxygen atoms in total. The van der Waals surface area contributed by atoms with Gasteiger partial charge in [-0.2, -0.15) is 0 Å². The van der Waals surface area contributed by atoms with E-state index in [0.29, 0.717) is 0 Å². The van der Waals surface area contributed by atoms with E-state index in [1.807, 2.05) is 54.6 Å². The predicted octanol–water partition coefficient (Wildman–Crippen LogP) is 5.96. The summed E-state index contributed by atoms with van der Waals surface area (Å²) in [5.41, 5.74) is 9.10. The van der Waals surface area contributed by atoms with Gasteiger partial charge >= 0.3 is 0 Å². The molecule has 3 aromatic heterocycles. The van der Waals surface area contributed by atoms with Crippen LogP contribution in [0.3, 0.4) is 0 Å². The number of fused-ring (bicyclic) bond motifs is 5. The SMILES string of the molecule is OCc1ccc(-c2ccn3c(c2)cc2c4ccccc4nc(-c4ccc(CO)cc4)c23)cc1. The molecule has 0 atom stereocenters. The molecule has 0 saturated heterocycles. The maximum Gasteiger partial charge on any atom is 0.0956 e. The number of aromatic nitrogens is 2. The van der Waals surface area contributed by atoms with E-state index in [9.17, 15) is 10.2 Å². The molecule has 0 aliphatic rings. The van der Waals surface area contributed by atoms with Crippen LogP contribution < -0.4 is 0 Å². The number of pyridine rings is 2. The lowest BCUT2D eigenvalue weighted by atomic mass is 10.0. The highest BCUT2D eigenvalue weighted by Crippen LogP contribution is 2.36. The first kappa shape index (κ1) is 19.7. The molecule has 4 heteroatoms. The van der Waals surface area contributed by atoms with Crippen LogP contribution in [0.5, 0.6) is 0 Å². The van der Waals surface area contributed by atoms with Crippen LogP contribution in [0.2, 0.25) is 0 Å². The number of para-hydroxylation sites is 1. The van der Waals surface area contributed by atoms with Gasteiger partial charge in [0.2, 0.25) is 0 Å². The third-order valence-electron chi connectivity index (χ3n) is 6.30. The Bertz CT molecular complexity index is 1610. The Hall–Kier alpha value is -3.99. The third kappa shape index (κ3) is 3.28. The van der Waals surface area contributed by atoms with Crippen molar-refractivity contribution in [1.82, 2.24) is 9.38 Å². The van der Waals surface area contributed by atoms with Crippen molar-refractivity contribution in [2.24, 2.45) is 0 Å². The lowest BCUT2D eigenvalue weighted by Crippen LogP contribution is -1.93. The van der Waals surface area contributed by atoms with Crippen molar-refractivity contribution in [3.05, 3.63) is 108 Å². The van der Waals surface area contributed by atoms with E-state index in [1.165, 1.54) is 0 Å². The van der Waals surface area contributed by atoms with Gasteiger partial charge in [-0.1, -0.05) is 66.7 Å². The monoisotopic (exact) mass is 430 g/mol. The van der Waals surface area contributed by atoms with Crippen molar-refractivity contribution in [3.8, 4) is 22.4 Å². The van der Waals surface area contributed by atoms with Gasteiger partial charge in [-0.3, -0.25) is 0 Å². The lowest BCUT2D eigenvalue weighted by molar-refractivity contribution is 0.281. The molecular formula is C29H22N2O2. The Kier molecular flexibility index (Phi) is 4.68. The smallest absolute Gasteiger partial charge is 0.0956 e. The van der Waals surface area contributed by atoms with Gasteiger partial charge in [-0.05, 0) is 46.5 Å². The highest BCUT2D eigenvalue weighted by atomic mass is 16.3. The van der Waals surface area contributed by atoms with Crippen molar-refractivity contribution in [2.75, 3.05) is 0 Å². The number of aliphatic hydroxyl groups is 2. The van der Waals surface area contributed by atoms with Gasteiger partial charge in [0.25, 0.3) is 0 Å². The fourth-order valence-electron chi connectivity index (χ4n) is 4.55. The molecule has 0 aliphatic heterocycles. The summed E-state index contributed by atoms with van der Waals surface area (Å²) in [5, 5.41) is 21.1. The summed E-state index contributed by atoms with van der Waals surface area (Å²) in [7, 11) is 0. The minimum absolute atomic E-state index is 0.0248. The summed E-state index contributed by atoms with van der Waals surface area (Å²) in [6.07, 6.45) is 2.11. The zero-order valence-electron chi connectivity index (χ0n) is 17.9. The summed E-state index contributed by atoms with van der Waals surface area (Å²) < 4.78 is 2.20. The van der Waals surface area contributed by atoms with Crippen molar-refractivity contribution in [2.45, 2.75) is 13.2 Å². The van der Waals surface area contributed by atoms with Crippen LogP contribution in [-0.2, 0) is 13.2 Å². The summed E-state index contributed by atoms with van der Waals surface area (Å²) in [4.78, 5) is 5.04. The maximum atomic E-state index is 9.44. The number of benzene rings is 3. The van der Waals surface area contributed by atoms with Crippen molar-refractivity contribution < 1.29 is 10.2 Å². The minimum atomic E-state index is 0.0248. The van der Waals surface area contributed by atoms with Crippen molar-refractivity contribution in [3.63, 3.8) is 0 Å². The van der Waals surface area contributed by atoms with Gasteiger partial charge in [-0.15, -0.1) is 0 Å². The second-order valence-electron chi connectivity index (χ2n) is 8.30. The maximum absolute atomic E-state index is 9.44. The third-order valence-corrected chi connectivity index (χ3v) is 6.30. The molecule has 0 spiro atoms. The zero-order chi connectivity index (χ0) is 22.4. The molecule has 0 aliphatic carbocycles. The number of rotatable bonds is 4. The van der Waals surface area contributed by atoms with E-state index in [1.54, 1.807) is 0 Å². The summed E-state index contributed by atoms with van der Waals surface area (Å²) >= 11 is 0. The minimum Gasteiger partial charge on any atom is -0.392 e. The number of aliphatic hydroxyl groups excluding tert-OH is 2. The summed E-state index contributed by atoms with van der Waals surface area (Å²) in [5.74, 6) is 0. The molecule has 0 bridgehead atoms. The molecule has 3 heterocycles. The van der Waals surface area contributed by atoms with Gasteiger partial charge in [0.15, 0.2) is 0 Å². The van der Waals surface area contributed by atoms with E-state index in [-0.39, 0.29) is 13.2 Å². The van der Waals surface area contributed by atoms with Gasteiger partial charge in [0, 0.05) is 28.0 Å². The predicted molar refractivity (Wildman–Crippen MR) is 133 cm³/mol. The second-order valence-corrected chi connectivity index (χ2v) is 8.30. The van der Waals surface area contributed by atoms with Crippen molar-refractivity contribution in [1.29, 1.82) is 0 Å². The molecule has 0 fully saturated rings. The molecule has 33 heavy (non-hydrogen) atoms. The van der Waals surface area contributed by atoms with Crippen LogP contribution in [0.25, 0.3) is 49.7 Å². The fourth-order valence-corrected chi connectivity index (χ4v) is 4.55. The Morgan fingerprint density at radius 2 is 1.30 bits per heavy atom. The fraction of sp³-hybridized carbons (Fsp3) is 0.0690. The first-order valence-corrected chi connectivity index (χ1v) is 11.0. The van der Waals surface area contributed by atoms with Crippen LogP contribution in [0.15, 0.2) is 97.2 Å². The van der Waals surface area contributed by atoms with Crippen LogP contribution in [-0.4, -0.2) is 19.6 Å². The Morgan fingerprint density at radius 3 is 2.00 bits per heavy atom. The molecule has 6 rings (SSSR count). The van der Waals surface area contributed by atoms with Gasteiger partial charge in [0.1, 0.15) is 0 Å². The molecule has 160 valence electrons. The van der Waals surface area contributed by atoms with E-state index in [0.717, 1.165) is 60.8 Å². The topological polar surface area (TPSA) is 57.8 Å². The van der Waals surface area contributed by atoms with Crippen LogP contribution in [0, 0.1) is 0 Å². The molecule has 3 aromatic carbocycles. The van der Waals surface area contributed by atoms with Crippen molar-refractivity contribution >= 4 is 27.3 Å². The number of hydrogen-bond acceptors (Lipinski definition) is 3. The second kappa shape index (κ2) is 7.85. The molecular weight excluding hydrogens is 408 g/mol. The molecule has 0 radical (unpaired) electrons. The Morgan fingerprint density at radius 1 is 0.636 bits per heavy atom. The largest absolute Gasteiger partial charge is 0.392 e. The normalized spacial score (nSPS) is 11.6.